The normalized spacial score (nSPS) is 11.4. The summed E-state index contributed by atoms with van der Waals surface area (Å²) in [6.07, 6.45) is 2.06. The molecule has 1 aromatic carbocycles. The molecule has 1 aromatic heterocycles. The van der Waals surface area contributed by atoms with Gasteiger partial charge in [-0.3, -0.25) is 4.72 Å². The van der Waals surface area contributed by atoms with Gasteiger partial charge < -0.3 is 10.8 Å². The van der Waals surface area contributed by atoms with E-state index in [2.05, 4.69) is 25.6 Å². The molecule has 0 saturated heterocycles. The predicted octanol–water partition coefficient (Wildman–Crippen LogP) is 2.95. The molecule has 0 bridgehead atoms. The molecule has 0 unspecified atom stereocenters. The first kappa shape index (κ1) is 16.6. The monoisotopic (exact) mass is 385 g/mol. The Morgan fingerprint density at radius 1 is 1.36 bits per heavy atom. The highest BCUT2D eigenvalue weighted by atomic mass is 79.9. The highest BCUT2D eigenvalue weighted by molar-refractivity contribution is 9.10. The molecule has 8 heteroatoms. The molecule has 0 radical (unpaired) electrons. The van der Waals surface area contributed by atoms with Crippen molar-refractivity contribution in [1.29, 1.82) is 0 Å². The van der Waals surface area contributed by atoms with Gasteiger partial charge in [-0.15, -0.1) is 0 Å². The summed E-state index contributed by atoms with van der Waals surface area (Å²) in [6, 6.07) is 6.37. The van der Waals surface area contributed by atoms with Crippen molar-refractivity contribution in [2.24, 2.45) is 0 Å². The highest BCUT2D eigenvalue weighted by Gasteiger charge is 2.14. The van der Waals surface area contributed by atoms with Gasteiger partial charge in [0.25, 0.3) is 0 Å². The molecule has 0 amide bonds. The van der Waals surface area contributed by atoms with Gasteiger partial charge in [-0.2, -0.15) is 0 Å². The summed E-state index contributed by atoms with van der Waals surface area (Å²) in [5.41, 5.74) is 7.26. The number of nitrogens with two attached hydrogens (primary N) is 1. The molecular weight excluding hydrogens is 370 g/mol. The molecule has 2 aromatic rings. The minimum atomic E-state index is -3.49. The minimum absolute atomic E-state index is 0.0166. The van der Waals surface area contributed by atoms with Crippen molar-refractivity contribution in [3.8, 4) is 16.9 Å². The van der Waals surface area contributed by atoms with Gasteiger partial charge in [0.15, 0.2) is 0 Å². The van der Waals surface area contributed by atoms with Crippen LogP contribution in [0.1, 0.15) is 13.3 Å². The number of nitrogen functional groups attached to an aromatic ring is 1. The topological polar surface area (TPSA) is 105 Å². The smallest absolute Gasteiger partial charge is 0.232 e. The van der Waals surface area contributed by atoms with E-state index in [0.29, 0.717) is 23.4 Å². The second kappa shape index (κ2) is 6.53. The molecule has 0 aliphatic rings. The molecular formula is C14H16BrN3O3S. The maximum absolute atomic E-state index is 11.9. The van der Waals surface area contributed by atoms with Crippen LogP contribution in [-0.2, 0) is 10.0 Å². The molecule has 0 atom stereocenters. The van der Waals surface area contributed by atoms with Crippen LogP contribution in [0.15, 0.2) is 34.9 Å². The summed E-state index contributed by atoms with van der Waals surface area (Å²) < 4.78 is 26.8. The van der Waals surface area contributed by atoms with Crippen LogP contribution < -0.4 is 10.5 Å². The number of aromatic nitrogens is 1. The van der Waals surface area contributed by atoms with Crippen molar-refractivity contribution in [3.63, 3.8) is 0 Å². The molecule has 0 spiro atoms. The van der Waals surface area contributed by atoms with E-state index in [-0.39, 0.29) is 17.2 Å². The number of halogens is 1. The molecule has 2 rings (SSSR count). The summed E-state index contributed by atoms with van der Waals surface area (Å²) in [4.78, 5) is 4.04. The number of pyridine rings is 1. The third-order valence-electron chi connectivity index (χ3n) is 2.93. The Hall–Kier alpha value is -1.80. The number of phenols is 1. The fourth-order valence-electron chi connectivity index (χ4n) is 1.95. The number of nitrogens with zero attached hydrogens (tertiary/aromatic N) is 1. The Balaban J connectivity index is 2.45. The minimum Gasteiger partial charge on any atom is -0.506 e. The summed E-state index contributed by atoms with van der Waals surface area (Å²) in [5, 5.41) is 9.85. The number of benzene rings is 1. The van der Waals surface area contributed by atoms with Crippen LogP contribution in [0.5, 0.6) is 5.75 Å². The lowest BCUT2D eigenvalue weighted by Crippen LogP contribution is -2.16. The second-order valence-electron chi connectivity index (χ2n) is 4.74. The van der Waals surface area contributed by atoms with Crippen molar-refractivity contribution >= 4 is 37.5 Å². The van der Waals surface area contributed by atoms with Gasteiger partial charge in [0.2, 0.25) is 10.0 Å². The molecule has 4 N–H and O–H groups in total. The lowest BCUT2D eigenvalue weighted by atomic mass is 10.1. The summed E-state index contributed by atoms with van der Waals surface area (Å²) in [6.45, 7) is 1.77. The molecule has 22 heavy (non-hydrogen) atoms. The molecule has 0 aliphatic heterocycles. The molecule has 0 fully saturated rings. The van der Waals surface area contributed by atoms with Crippen LogP contribution in [0.2, 0.25) is 0 Å². The Morgan fingerprint density at radius 2 is 2.09 bits per heavy atom. The van der Waals surface area contributed by atoms with Gasteiger partial charge in [-0.25, -0.2) is 13.4 Å². The Bertz CT molecular complexity index is 794. The van der Waals surface area contributed by atoms with Crippen molar-refractivity contribution in [3.05, 3.63) is 34.9 Å². The van der Waals surface area contributed by atoms with Crippen molar-refractivity contribution in [2.75, 3.05) is 16.2 Å². The second-order valence-corrected chi connectivity index (χ2v) is 7.50. The molecule has 0 aliphatic carbocycles. The number of rotatable bonds is 5. The fourth-order valence-corrected chi connectivity index (χ4v) is 3.42. The average molecular weight is 386 g/mol. The van der Waals surface area contributed by atoms with E-state index in [1.807, 2.05) is 0 Å². The summed E-state index contributed by atoms with van der Waals surface area (Å²) in [7, 11) is -3.49. The van der Waals surface area contributed by atoms with Gasteiger partial charge in [0.1, 0.15) is 11.6 Å². The van der Waals surface area contributed by atoms with Gasteiger partial charge in [0.05, 0.1) is 11.4 Å². The third kappa shape index (κ3) is 3.89. The number of hydrogen-bond acceptors (Lipinski definition) is 5. The van der Waals surface area contributed by atoms with Gasteiger partial charge in [-0.05, 0) is 46.1 Å². The van der Waals surface area contributed by atoms with Crippen LogP contribution in [-0.4, -0.2) is 24.3 Å². The van der Waals surface area contributed by atoms with Crippen LogP contribution in [0.4, 0.5) is 11.5 Å². The Morgan fingerprint density at radius 3 is 2.77 bits per heavy atom. The van der Waals surface area contributed by atoms with Crippen LogP contribution in [0.25, 0.3) is 11.1 Å². The first-order valence-electron chi connectivity index (χ1n) is 6.57. The van der Waals surface area contributed by atoms with Crippen LogP contribution in [0, 0.1) is 0 Å². The summed E-state index contributed by atoms with van der Waals surface area (Å²) >= 11 is 3.32. The largest absolute Gasteiger partial charge is 0.506 e. The zero-order chi connectivity index (χ0) is 16.3. The number of sulfonamides is 1. The lowest BCUT2D eigenvalue weighted by molar-refractivity contribution is 0.477. The van der Waals surface area contributed by atoms with Gasteiger partial charge in [-0.1, -0.05) is 13.0 Å². The van der Waals surface area contributed by atoms with E-state index < -0.39 is 10.0 Å². The van der Waals surface area contributed by atoms with E-state index in [1.54, 1.807) is 25.3 Å². The van der Waals surface area contributed by atoms with E-state index in [4.69, 9.17) is 5.73 Å². The van der Waals surface area contributed by atoms with Crippen molar-refractivity contribution in [1.82, 2.24) is 4.98 Å². The number of nitrogens with one attached hydrogen (secondary N) is 1. The SMILES string of the molecule is CCCS(=O)(=O)Nc1cc(-c2cc(Br)cnc2N)ccc1O. The van der Waals surface area contributed by atoms with Crippen molar-refractivity contribution in [2.45, 2.75) is 13.3 Å². The van der Waals surface area contributed by atoms with E-state index in [0.717, 1.165) is 4.47 Å². The van der Waals surface area contributed by atoms with E-state index >= 15 is 0 Å². The number of phenolic OH excluding ortho intramolecular Hbond substituents is 1. The molecule has 0 saturated carbocycles. The number of aromatic hydroxyl groups is 1. The fraction of sp³-hybridized carbons (Fsp3) is 0.214. The lowest BCUT2D eigenvalue weighted by Gasteiger charge is -2.12. The maximum atomic E-state index is 11.9. The molecule has 6 nitrogen and oxygen atoms in total. The van der Waals surface area contributed by atoms with Crippen LogP contribution >= 0.6 is 15.9 Å². The Labute approximate surface area is 137 Å². The van der Waals surface area contributed by atoms with E-state index in [1.165, 1.54) is 12.1 Å². The van der Waals surface area contributed by atoms with E-state index in [9.17, 15) is 13.5 Å². The highest BCUT2D eigenvalue weighted by Crippen LogP contribution is 2.33. The maximum Gasteiger partial charge on any atom is 0.232 e. The van der Waals surface area contributed by atoms with Crippen molar-refractivity contribution < 1.29 is 13.5 Å². The average Bonchev–Trinajstić information content (AvgIpc) is 2.44. The van der Waals surface area contributed by atoms with Gasteiger partial charge in [0, 0.05) is 16.2 Å². The Kier molecular flexibility index (Phi) is 4.92. The van der Waals surface area contributed by atoms with Crippen LogP contribution in [0.3, 0.4) is 0 Å². The molecule has 1 heterocycles. The zero-order valence-electron chi connectivity index (χ0n) is 11.9. The molecule has 118 valence electrons. The first-order chi connectivity index (χ1) is 10.3. The zero-order valence-corrected chi connectivity index (χ0v) is 14.3. The number of hydrogen-bond donors (Lipinski definition) is 3. The first-order valence-corrected chi connectivity index (χ1v) is 9.02. The predicted molar refractivity (Wildman–Crippen MR) is 91.2 cm³/mol. The third-order valence-corrected chi connectivity index (χ3v) is 4.84. The number of anilines is 2. The summed E-state index contributed by atoms with van der Waals surface area (Å²) in [5.74, 6) is 0.151. The van der Waals surface area contributed by atoms with Gasteiger partial charge >= 0.3 is 0 Å². The standard InChI is InChI=1S/C14H16BrN3O3S/c1-2-5-22(20,21)18-12-6-9(3-4-13(12)19)11-7-10(15)8-17-14(11)16/h3-4,6-8,18-19H,2,5H2,1H3,(H2,16,17). The quantitative estimate of drug-likeness (QED) is 0.686.